The summed E-state index contributed by atoms with van der Waals surface area (Å²) in [5.74, 6) is -0.990. The number of amides is 2. The molecule has 27 heavy (non-hydrogen) atoms. The van der Waals surface area contributed by atoms with E-state index in [9.17, 15) is 18.0 Å². The average Bonchev–Trinajstić information content (AvgIpc) is 3.45. The van der Waals surface area contributed by atoms with E-state index >= 15 is 0 Å². The zero-order valence-electron chi connectivity index (χ0n) is 14.6. The van der Waals surface area contributed by atoms with Crippen molar-refractivity contribution >= 4 is 33.0 Å². The molecule has 2 aromatic rings. The van der Waals surface area contributed by atoms with Crippen molar-refractivity contribution < 1.29 is 18.0 Å². The molecule has 0 aromatic heterocycles. The SMILES string of the molecule is O=C1CS(=O)(=O)c2cc(NC(=O)C(Cc3ccccc3)C3CC3)ccc2N1. The van der Waals surface area contributed by atoms with Crippen molar-refractivity contribution in [2.75, 3.05) is 16.4 Å². The van der Waals surface area contributed by atoms with Crippen LogP contribution in [0.15, 0.2) is 53.4 Å². The van der Waals surface area contributed by atoms with Crippen molar-refractivity contribution in [3.63, 3.8) is 0 Å². The summed E-state index contributed by atoms with van der Waals surface area (Å²) in [4.78, 5) is 24.4. The molecule has 1 aliphatic heterocycles. The maximum atomic E-state index is 12.8. The predicted octanol–water partition coefficient (Wildman–Crippen LogP) is 2.62. The third-order valence-electron chi connectivity index (χ3n) is 5.01. The van der Waals surface area contributed by atoms with Crippen LogP contribution >= 0.6 is 0 Å². The van der Waals surface area contributed by atoms with E-state index in [2.05, 4.69) is 10.6 Å². The Labute approximate surface area is 157 Å². The van der Waals surface area contributed by atoms with Crippen LogP contribution in [-0.4, -0.2) is 26.0 Å². The Kier molecular flexibility index (Phi) is 4.47. The third kappa shape index (κ3) is 3.88. The molecule has 0 saturated heterocycles. The number of fused-ring (bicyclic) bond motifs is 1. The third-order valence-corrected chi connectivity index (χ3v) is 6.66. The van der Waals surface area contributed by atoms with Crippen molar-refractivity contribution in [3.05, 3.63) is 54.1 Å². The second kappa shape index (κ2) is 6.81. The van der Waals surface area contributed by atoms with Gasteiger partial charge in [0.1, 0.15) is 5.75 Å². The van der Waals surface area contributed by atoms with Crippen molar-refractivity contribution in [1.82, 2.24) is 0 Å². The van der Waals surface area contributed by atoms with Gasteiger partial charge in [-0.2, -0.15) is 0 Å². The minimum Gasteiger partial charge on any atom is -0.326 e. The fraction of sp³-hybridized carbons (Fsp3) is 0.300. The molecule has 140 valence electrons. The first kappa shape index (κ1) is 17.7. The Morgan fingerprint density at radius 2 is 1.89 bits per heavy atom. The Balaban J connectivity index is 1.54. The zero-order chi connectivity index (χ0) is 19.0. The summed E-state index contributed by atoms with van der Waals surface area (Å²) < 4.78 is 24.5. The number of sulfone groups is 1. The maximum absolute atomic E-state index is 12.8. The molecule has 0 radical (unpaired) electrons. The number of benzene rings is 2. The summed E-state index contributed by atoms with van der Waals surface area (Å²) in [6.07, 6.45) is 2.74. The largest absolute Gasteiger partial charge is 0.326 e. The molecule has 1 saturated carbocycles. The molecule has 4 rings (SSSR count). The van der Waals surface area contributed by atoms with E-state index in [4.69, 9.17) is 0 Å². The van der Waals surface area contributed by atoms with Crippen molar-refractivity contribution in [2.45, 2.75) is 24.2 Å². The number of carbonyl (C=O) groups excluding carboxylic acids is 2. The number of hydrogen-bond acceptors (Lipinski definition) is 4. The first-order valence-electron chi connectivity index (χ1n) is 8.94. The zero-order valence-corrected chi connectivity index (χ0v) is 15.5. The highest BCUT2D eigenvalue weighted by Gasteiger charge is 2.36. The topological polar surface area (TPSA) is 92.3 Å². The Morgan fingerprint density at radius 3 is 2.59 bits per heavy atom. The molecule has 1 fully saturated rings. The number of carbonyl (C=O) groups is 2. The van der Waals surface area contributed by atoms with Crippen LogP contribution in [0.1, 0.15) is 18.4 Å². The highest BCUT2D eigenvalue weighted by Crippen LogP contribution is 2.39. The van der Waals surface area contributed by atoms with Crippen LogP contribution in [0.4, 0.5) is 11.4 Å². The van der Waals surface area contributed by atoms with Crippen LogP contribution in [0.25, 0.3) is 0 Å². The molecule has 1 unspecified atom stereocenters. The van der Waals surface area contributed by atoms with Crippen LogP contribution in [0.5, 0.6) is 0 Å². The molecule has 2 N–H and O–H groups in total. The minimum atomic E-state index is -3.69. The summed E-state index contributed by atoms with van der Waals surface area (Å²) in [5.41, 5.74) is 1.80. The van der Waals surface area contributed by atoms with Gasteiger partial charge in [-0.3, -0.25) is 9.59 Å². The normalized spacial score (nSPS) is 18.9. The van der Waals surface area contributed by atoms with E-state index in [1.165, 1.54) is 12.1 Å². The second-order valence-corrected chi connectivity index (χ2v) is 9.10. The van der Waals surface area contributed by atoms with E-state index in [1.54, 1.807) is 6.07 Å². The quantitative estimate of drug-likeness (QED) is 0.829. The van der Waals surface area contributed by atoms with Gasteiger partial charge in [-0.15, -0.1) is 0 Å². The van der Waals surface area contributed by atoms with Crippen LogP contribution in [0, 0.1) is 11.8 Å². The van der Waals surface area contributed by atoms with Gasteiger partial charge in [-0.1, -0.05) is 30.3 Å². The smallest absolute Gasteiger partial charge is 0.239 e. The first-order valence-corrected chi connectivity index (χ1v) is 10.6. The predicted molar refractivity (Wildman–Crippen MR) is 102 cm³/mol. The molecule has 0 spiro atoms. The molecule has 0 bridgehead atoms. The summed E-state index contributed by atoms with van der Waals surface area (Å²) in [5, 5.41) is 5.42. The monoisotopic (exact) mass is 384 g/mol. The molecule has 7 heteroatoms. The standard InChI is InChI=1S/C20H20N2O4S/c23-19-12-27(25,26)18-11-15(8-9-17(18)22-19)21-20(24)16(14-6-7-14)10-13-4-2-1-3-5-13/h1-5,8-9,11,14,16H,6-7,10,12H2,(H,21,24)(H,22,23). The molecule has 1 heterocycles. The molecule has 1 atom stereocenters. The van der Waals surface area contributed by atoms with Gasteiger partial charge in [0, 0.05) is 11.6 Å². The lowest BCUT2D eigenvalue weighted by Crippen LogP contribution is -2.30. The van der Waals surface area contributed by atoms with Crippen molar-refractivity contribution in [2.24, 2.45) is 11.8 Å². The van der Waals surface area contributed by atoms with Crippen molar-refractivity contribution in [3.8, 4) is 0 Å². The van der Waals surface area contributed by atoms with Crippen LogP contribution in [0.3, 0.4) is 0 Å². The van der Waals surface area contributed by atoms with Gasteiger partial charge in [0.05, 0.1) is 10.6 Å². The highest BCUT2D eigenvalue weighted by molar-refractivity contribution is 7.92. The number of hydrogen-bond donors (Lipinski definition) is 2. The van der Waals surface area contributed by atoms with E-state index < -0.39 is 21.5 Å². The fourth-order valence-electron chi connectivity index (χ4n) is 3.47. The van der Waals surface area contributed by atoms with E-state index in [1.807, 2.05) is 30.3 Å². The number of nitrogens with one attached hydrogen (secondary N) is 2. The lowest BCUT2D eigenvalue weighted by molar-refractivity contribution is -0.120. The molecule has 1 aliphatic carbocycles. The van der Waals surface area contributed by atoms with Gasteiger partial charge >= 0.3 is 0 Å². The minimum absolute atomic E-state index is 0.0472. The van der Waals surface area contributed by atoms with Gasteiger partial charge in [0.15, 0.2) is 9.84 Å². The van der Waals surface area contributed by atoms with Gasteiger partial charge < -0.3 is 10.6 Å². The molecule has 2 aliphatic rings. The number of rotatable bonds is 5. The van der Waals surface area contributed by atoms with Crippen LogP contribution in [0.2, 0.25) is 0 Å². The van der Waals surface area contributed by atoms with Gasteiger partial charge in [0.2, 0.25) is 11.8 Å². The van der Waals surface area contributed by atoms with Crippen molar-refractivity contribution in [1.29, 1.82) is 0 Å². The average molecular weight is 384 g/mol. The van der Waals surface area contributed by atoms with Gasteiger partial charge in [-0.05, 0) is 48.9 Å². The molecular weight excluding hydrogens is 364 g/mol. The number of anilines is 2. The molecular formula is C20H20N2O4S. The van der Waals surface area contributed by atoms with E-state index in [0.717, 1.165) is 18.4 Å². The van der Waals surface area contributed by atoms with E-state index in [0.29, 0.717) is 18.0 Å². The van der Waals surface area contributed by atoms with Crippen LogP contribution < -0.4 is 10.6 Å². The Bertz CT molecular complexity index is 998. The fourth-order valence-corrected chi connectivity index (χ4v) is 4.81. The maximum Gasteiger partial charge on any atom is 0.239 e. The summed E-state index contributed by atoms with van der Waals surface area (Å²) >= 11 is 0. The van der Waals surface area contributed by atoms with Gasteiger partial charge in [-0.25, -0.2) is 8.42 Å². The lowest BCUT2D eigenvalue weighted by atomic mass is 9.94. The summed E-state index contributed by atoms with van der Waals surface area (Å²) in [7, 11) is -3.69. The Morgan fingerprint density at radius 1 is 1.15 bits per heavy atom. The van der Waals surface area contributed by atoms with Gasteiger partial charge in [0.25, 0.3) is 0 Å². The summed E-state index contributed by atoms with van der Waals surface area (Å²) in [6.45, 7) is 0. The van der Waals surface area contributed by atoms with E-state index in [-0.39, 0.29) is 22.4 Å². The first-order chi connectivity index (χ1) is 12.9. The highest BCUT2D eigenvalue weighted by atomic mass is 32.2. The summed E-state index contributed by atoms with van der Waals surface area (Å²) in [6, 6.07) is 14.4. The lowest BCUT2D eigenvalue weighted by Gasteiger charge is -2.20. The Hall–Kier alpha value is -2.67. The molecule has 6 nitrogen and oxygen atoms in total. The molecule has 2 aromatic carbocycles. The second-order valence-electron chi connectivity index (χ2n) is 7.14. The molecule has 2 amide bonds. The van der Waals surface area contributed by atoms with Crippen LogP contribution in [-0.2, 0) is 25.8 Å².